The number of aromatic nitrogens is 7. The number of hydrogen-bond acceptors (Lipinski definition) is 8. The van der Waals surface area contributed by atoms with Crippen LogP contribution in [-0.4, -0.2) is 34.7 Å². The molecule has 3 rings (SSSR count). The molecule has 0 atom stereocenters. The Morgan fingerprint density at radius 3 is 2.81 bits per heavy atom. The second kappa shape index (κ2) is 5.34. The van der Waals surface area contributed by atoms with E-state index in [0.717, 1.165) is 5.01 Å². The number of thiazole rings is 1. The molecule has 3 aromatic rings. The fraction of sp³-hybridized carbons (Fsp3) is 0.273. The van der Waals surface area contributed by atoms with E-state index in [4.69, 9.17) is 11.6 Å². The standard InChI is InChI=1S/C11H11ClN8S/c1-11(2,7-14-3-4-21-7)19-9-16-8(12)17-10(18-9)20-6-13-5-15-20/h3-6H,1-2H3,(H,16,17,18,19). The van der Waals surface area contributed by atoms with Gasteiger partial charge in [-0.05, 0) is 25.4 Å². The topological polar surface area (TPSA) is 94.3 Å². The van der Waals surface area contributed by atoms with Crippen molar-refractivity contribution in [2.75, 3.05) is 5.32 Å². The van der Waals surface area contributed by atoms with E-state index >= 15 is 0 Å². The van der Waals surface area contributed by atoms with E-state index in [1.54, 1.807) is 17.5 Å². The molecule has 1 N–H and O–H groups in total. The van der Waals surface area contributed by atoms with Crippen molar-refractivity contribution in [2.24, 2.45) is 0 Å². The van der Waals surface area contributed by atoms with Crippen LogP contribution in [0.2, 0.25) is 5.28 Å². The highest BCUT2D eigenvalue weighted by molar-refractivity contribution is 7.09. The maximum atomic E-state index is 5.94. The van der Waals surface area contributed by atoms with Crippen molar-refractivity contribution < 1.29 is 0 Å². The normalized spacial score (nSPS) is 11.6. The van der Waals surface area contributed by atoms with Gasteiger partial charge in [-0.2, -0.15) is 24.7 Å². The first-order valence-electron chi connectivity index (χ1n) is 5.99. The molecule has 0 saturated carbocycles. The molecule has 0 aliphatic carbocycles. The van der Waals surface area contributed by atoms with Crippen molar-refractivity contribution in [1.29, 1.82) is 0 Å². The van der Waals surface area contributed by atoms with Crippen molar-refractivity contribution in [3.05, 3.63) is 34.5 Å². The number of anilines is 1. The molecule has 108 valence electrons. The van der Waals surface area contributed by atoms with Crippen LogP contribution in [-0.2, 0) is 5.54 Å². The predicted molar refractivity (Wildman–Crippen MR) is 78.5 cm³/mol. The first-order valence-corrected chi connectivity index (χ1v) is 7.25. The third-order valence-electron chi connectivity index (χ3n) is 2.61. The van der Waals surface area contributed by atoms with Gasteiger partial charge in [-0.1, -0.05) is 0 Å². The molecule has 0 fully saturated rings. The van der Waals surface area contributed by atoms with Gasteiger partial charge in [-0.25, -0.2) is 9.97 Å². The molecule has 0 saturated heterocycles. The van der Waals surface area contributed by atoms with Crippen LogP contribution in [0.15, 0.2) is 24.2 Å². The van der Waals surface area contributed by atoms with E-state index in [1.807, 2.05) is 19.2 Å². The van der Waals surface area contributed by atoms with Gasteiger partial charge in [0.2, 0.25) is 11.2 Å². The van der Waals surface area contributed by atoms with E-state index in [-0.39, 0.29) is 5.28 Å². The van der Waals surface area contributed by atoms with Crippen molar-refractivity contribution in [3.63, 3.8) is 0 Å². The van der Waals surface area contributed by atoms with Crippen LogP contribution in [0, 0.1) is 0 Å². The van der Waals surface area contributed by atoms with E-state index in [9.17, 15) is 0 Å². The highest BCUT2D eigenvalue weighted by Gasteiger charge is 2.24. The van der Waals surface area contributed by atoms with E-state index in [0.29, 0.717) is 11.9 Å². The predicted octanol–water partition coefficient (Wildman–Crippen LogP) is 1.91. The minimum absolute atomic E-state index is 0.0768. The minimum Gasteiger partial charge on any atom is -0.343 e. The van der Waals surface area contributed by atoms with Gasteiger partial charge in [-0.3, -0.25) is 0 Å². The summed E-state index contributed by atoms with van der Waals surface area (Å²) in [6.45, 7) is 3.97. The molecule has 0 aromatic carbocycles. The van der Waals surface area contributed by atoms with Crippen LogP contribution in [0.25, 0.3) is 5.95 Å². The molecule has 0 unspecified atom stereocenters. The summed E-state index contributed by atoms with van der Waals surface area (Å²) in [6.07, 6.45) is 4.64. The van der Waals surface area contributed by atoms with E-state index in [2.05, 4.69) is 35.3 Å². The number of nitrogens with one attached hydrogen (secondary N) is 1. The van der Waals surface area contributed by atoms with Crippen LogP contribution >= 0.6 is 22.9 Å². The lowest BCUT2D eigenvalue weighted by Crippen LogP contribution is -2.29. The third-order valence-corrected chi connectivity index (χ3v) is 3.88. The van der Waals surface area contributed by atoms with Crippen LogP contribution in [0.3, 0.4) is 0 Å². The zero-order chi connectivity index (χ0) is 14.9. The number of nitrogens with zero attached hydrogens (tertiary/aromatic N) is 7. The Bertz CT molecular complexity index is 725. The molecular weight excluding hydrogens is 312 g/mol. The third kappa shape index (κ3) is 2.98. The fourth-order valence-electron chi connectivity index (χ4n) is 1.67. The quantitative estimate of drug-likeness (QED) is 0.784. The second-order valence-electron chi connectivity index (χ2n) is 4.66. The summed E-state index contributed by atoms with van der Waals surface area (Å²) in [7, 11) is 0. The van der Waals surface area contributed by atoms with Gasteiger partial charge in [0, 0.05) is 11.6 Å². The molecular formula is C11H11ClN8S. The Balaban J connectivity index is 1.93. The van der Waals surface area contributed by atoms with Gasteiger partial charge >= 0.3 is 0 Å². The SMILES string of the molecule is CC(C)(Nc1nc(Cl)nc(-n2cncn2)n1)c1nccs1. The molecule has 0 aliphatic rings. The minimum atomic E-state index is -0.432. The van der Waals surface area contributed by atoms with Gasteiger partial charge in [0.1, 0.15) is 17.7 Å². The van der Waals surface area contributed by atoms with Gasteiger partial charge in [0.05, 0.1) is 5.54 Å². The van der Waals surface area contributed by atoms with Gasteiger partial charge in [0.25, 0.3) is 5.95 Å². The van der Waals surface area contributed by atoms with Crippen LogP contribution < -0.4 is 5.32 Å². The molecule has 0 bridgehead atoms. The Morgan fingerprint density at radius 2 is 2.14 bits per heavy atom. The molecule has 3 aromatic heterocycles. The highest BCUT2D eigenvalue weighted by atomic mass is 35.5. The largest absolute Gasteiger partial charge is 0.343 e. The zero-order valence-corrected chi connectivity index (χ0v) is 12.8. The Kier molecular flexibility index (Phi) is 3.52. The summed E-state index contributed by atoms with van der Waals surface area (Å²) in [6, 6.07) is 0. The van der Waals surface area contributed by atoms with Gasteiger partial charge < -0.3 is 5.32 Å². The maximum Gasteiger partial charge on any atom is 0.258 e. The lowest BCUT2D eigenvalue weighted by molar-refractivity contribution is 0.595. The molecule has 0 aliphatic heterocycles. The maximum absolute atomic E-state index is 5.94. The van der Waals surface area contributed by atoms with Crippen LogP contribution in [0.5, 0.6) is 0 Å². The lowest BCUT2D eigenvalue weighted by Gasteiger charge is -2.23. The Morgan fingerprint density at radius 1 is 1.29 bits per heavy atom. The molecule has 10 heteroatoms. The lowest BCUT2D eigenvalue weighted by atomic mass is 10.1. The number of hydrogen-bond donors (Lipinski definition) is 1. The van der Waals surface area contributed by atoms with Crippen molar-refractivity contribution in [3.8, 4) is 5.95 Å². The number of rotatable bonds is 4. The van der Waals surface area contributed by atoms with Crippen LogP contribution in [0.4, 0.5) is 5.95 Å². The van der Waals surface area contributed by atoms with Crippen LogP contribution in [0.1, 0.15) is 18.9 Å². The first kappa shape index (κ1) is 13.8. The summed E-state index contributed by atoms with van der Waals surface area (Å²) >= 11 is 7.49. The molecule has 3 heterocycles. The summed E-state index contributed by atoms with van der Waals surface area (Å²) in [4.78, 5) is 20.6. The summed E-state index contributed by atoms with van der Waals surface area (Å²) in [5.74, 6) is 0.644. The molecule has 0 radical (unpaired) electrons. The first-order chi connectivity index (χ1) is 10.0. The van der Waals surface area contributed by atoms with Gasteiger partial charge in [0.15, 0.2) is 0 Å². The van der Waals surface area contributed by atoms with Crippen molar-refractivity contribution in [2.45, 2.75) is 19.4 Å². The fourth-order valence-corrected chi connectivity index (χ4v) is 2.55. The zero-order valence-electron chi connectivity index (χ0n) is 11.2. The Hall–Kier alpha value is -2.13. The average molecular weight is 323 g/mol. The molecule has 0 spiro atoms. The van der Waals surface area contributed by atoms with E-state index in [1.165, 1.54) is 17.3 Å². The number of halogens is 1. The monoisotopic (exact) mass is 322 g/mol. The molecule has 21 heavy (non-hydrogen) atoms. The van der Waals surface area contributed by atoms with Gasteiger partial charge in [-0.15, -0.1) is 11.3 Å². The van der Waals surface area contributed by atoms with Crippen molar-refractivity contribution >= 4 is 28.9 Å². The molecule has 0 amide bonds. The average Bonchev–Trinajstić information content (AvgIpc) is 3.12. The molecule has 8 nitrogen and oxygen atoms in total. The summed E-state index contributed by atoms with van der Waals surface area (Å²) in [5, 5.41) is 10.1. The summed E-state index contributed by atoms with van der Waals surface area (Å²) < 4.78 is 1.41. The van der Waals surface area contributed by atoms with Crippen molar-refractivity contribution in [1.82, 2.24) is 34.7 Å². The smallest absolute Gasteiger partial charge is 0.258 e. The highest BCUT2D eigenvalue weighted by Crippen LogP contribution is 2.26. The summed E-state index contributed by atoms with van der Waals surface area (Å²) in [5.41, 5.74) is -0.432. The Labute approximate surface area is 129 Å². The van der Waals surface area contributed by atoms with E-state index < -0.39 is 5.54 Å². The second-order valence-corrected chi connectivity index (χ2v) is 5.89.